The van der Waals surface area contributed by atoms with Crippen molar-refractivity contribution in [2.45, 2.75) is 17.4 Å². The molecular formula is C19H22N2O4S. The van der Waals surface area contributed by atoms with Gasteiger partial charge in [0.25, 0.3) is 5.91 Å². The molecule has 1 amide bonds. The number of sulfonamides is 1. The normalized spacial score (nSPS) is 17.8. The molecule has 26 heavy (non-hydrogen) atoms. The number of benzene rings is 2. The van der Waals surface area contributed by atoms with Crippen molar-refractivity contribution < 1.29 is 17.9 Å². The number of rotatable bonds is 5. The fraction of sp³-hybridized carbons (Fsp3) is 0.316. The van der Waals surface area contributed by atoms with E-state index in [1.165, 1.54) is 21.3 Å². The van der Waals surface area contributed by atoms with Crippen LogP contribution in [0.5, 0.6) is 5.75 Å². The van der Waals surface area contributed by atoms with Crippen molar-refractivity contribution in [3.8, 4) is 5.75 Å². The maximum absolute atomic E-state index is 12.8. The van der Waals surface area contributed by atoms with Gasteiger partial charge >= 0.3 is 0 Å². The Hall–Kier alpha value is -2.38. The van der Waals surface area contributed by atoms with E-state index in [0.717, 1.165) is 5.75 Å². The third kappa shape index (κ3) is 3.89. The lowest BCUT2D eigenvalue weighted by molar-refractivity contribution is 0.0827. The maximum atomic E-state index is 12.8. The summed E-state index contributed by atoms with van der Waals surface area (Å²) in [5.74, 6) is 0.578. The fourth-order valence-electron chi connectivity index (χ4n) is 2.88. The molecule has 1 aliphatic heterocycles. The molecule has 0 N–H and O–H groups in total. The van der Waals surface area contributed by atoms with Crippen molar-refractivity contribution in [2.75, 3.05) is 27.2 Å². The minimum Gasteiger partial charge on any atom is -0.489 e. The zero-order chi connectivity index (χ0) is 18.7. The molecule has 6 nitrogen and oxygen atoms in total. The van der Waals surface area contributed by atoms with E-state index < -0.39 is 10.0 Å². The zero-order valence-electron chi connectivity index (χ0n) is 14.8. The number of amides is 1. The first-order valence-corrected chi connectivity index (χ1v) is 9.85. The van der Waals surface area contributed by atoms with Gasteiger partial charge in [-0.25, -0.2) is 8.42 Å². The largest absolute Gasteiger partial charge is 0.489 e. The second-order valence-electron chi connectivity index (χ2n) is 6.43. The van der Waals surface area contributed by atoms with Gasteiger partial charge in [0.15, 0.2) is 0 Å². The lowest BCUT2D eigenvalue weighted by Gasteiger charge is -2.18. The van der Waals surface area contributed by atoms with Gasteiger partial charge in [-0.15, -0.1) is 0 Å². The summed E-state index contributed by atoms with van der Waals surface area (Å²) in [6, 6.07) is 15.4. The molecule has 1 heterocycles. The lowest BCUT2D eigenvalue weighted by Crippen LogP contribution is -2.31. The number of carbonyl (C=O) groups is 1. The number of para-hydroxylation sites is 1. The minimum atomic E-state index is -3.60. The van der Waals surface area contributed by atoms with Crippen LogP contribution in [-0.4, -0.2) is 56.8 Å². The molecule has 0 bridgehead atoms. The molecule has 3 rings (SSSR count). The molecule has 2 aromatic carbocycles. The highest BCUT2D eigenvalue weighted by Crippen LogP contribution is 2.24. The van der Waals surface area contributed by atoms with Crippen LogP contribution in [0.25, 0.3) is 0 Å². The standard InChI is InChI=1S/C19H22N2O4S/c1-20(2)19(22)15-8-10-18(11-9-15)26(23,24)21-13-12-17(14-21)25-16-6-4-3-5-7-16/h3-11,17H,12-14H2,1-2H3/t17-/m1/s1. The van der Waals surface area contributed by atoms with E-state index in [-0.39, 0.29) is 16.9 Å². The molecular weight excluding hydrogens is 352 g/mol. The number of hydrogen-bond donors (Lipinski definition) is 0. The second kappa shape index (κ2) is 7.47. The third-order valence-electron chi connectivity index (χ3n) is 4.30. The average Bonchev–Trinajstić information content (AvgIpc) is 3.11. The monoisotopic (exact) mass is 374 g/mol. The Morgan fingerprint density at radius 3 is 2.35 bits per heavy atom. The highest BCUT2D eigenvalue weighted by molar-refractivity contribution is 7.89. The van der Waals surface area contributed by atoms with E-state index in [1.54, 1.807) is 26.2 Å². The molecule has 0 unspecified atom stereocenters. The van der Waals surface area contributed by atoms with Crippen molar-refractivity contribution in [1.82, 2.24) is 9.21 Å². The highest BCUT2D eigenvalue weighted by Gasteiger charge is 2.33. The van der Waals surface area contributed by atoms with Crippen LogP contribution in [0, 0.1) is 0 Å². The van der Waals surface area contributed by atoms with Crippen LogP contribution in [0.15, 0.2) is 59.5 Å². The molecule has 0 radical (unpaired) electrons. The summed E-state index contributed by atoms with van der Waals surface area (Å²) in [6.07, 6.45) is 0.479. The van der Waals surface area contributed by atoms with Gasteiger partial charge in [0.2, 0.25) is 10.0 Å². The van der Waals surface area contributed by atoms with Gasteiger partial charge in [-0.1, -0.05) is 18.2 Å². The molecule has 7 heteroatoms. The Morgan fingerprint density at radius 1 is 1.08 bits per heavy atom. The number of nitrogens with zero attached hydrogens (tertiary/aromatic N) is 2. The Bertz CT molecular complexity index is 864. The van der Waals surface area contributed by atoms with Crippen LogP contribution in [0.1, 0.15) is 16.8 Å². The summed E-state index contributed by atoms with van der Waals surface area (Å²) in [5, 5.41) is 0. The van der Waals surface area contributed by atoms with Crippen molar-refractivity contribution in [3.05, 3.63) is 60.2 Å². The van der Waals surface area contributed by atoms with Crippen LogP contribution in [0.3, 0.4) is 0 Å². The minimum absolute atomic E-state index is 0.161. The van der Waals surface area contributed by atoms with Crippen LogP contribution in [0.2, 0.25) is 0 Å². The lowest BCUT2D eigenvalue weighted by atomic mass is 10.2. The summed E-state index contributed by atoms with van der Waals surface area (Å²) in [5.41, 5.74) is 0.459. The fourth-order valence-corrected chi connectivity index (χ4v) is 4.37. The first-order chi connectivity index (χ1) is 12.4. The Labute approximate surface area is 154 Å². The Morgan fingerprint density at radius 2 is 1.73 bits per heavy atom. The summed E-state index contributed by atoms with van der Waals surface area (Å²) in [7, 11) is -0.284. The van der Waals surface area contributed by atoms with Gasteiger partial charge in [0.05, 0.1) is 11.4 Å². The van der Waals surface area contributed by atoms with E-state index >= 15 is 0 Å². The van der Waals surface area contributed by atoms with Crippen molar-refractivity contribution in [1.29, 1.82) is 0 Å². The van der Waals surface area contributed by atoms with E-state index in [4.69, 9.17) is 4.74 Å². The molecule has 1 atom stereocenters. The van der Waals surface area contributed by atoms with Gasteiger partial charge in [-0.05, 0) is 42.8 Å². The molecule has 1 fully saturated rings. The van der Waals surface area contributed by atoms with Crippen LogP contribution >= 0.6 is 0 Å². The van der Waals surface area contributed by atoms with Gasteiger partial charge in [-0.2, -0.15) is 4.31 Å². The third-order valence-corrected chi connectivity index (χ3v) is 6.18. The number of ether oxygens (including phenoxy) is 1. The maximum Gasteiger partial charge on any atom is 0.253 e. The molecule has 2 aromatic rings. The van der Waals surface area contributed by atoms with Crippen molar-refractivity contribution in [2.24, 2.45) is 0 Å². The van der Waals surface area contributed by atoms with Crippen LogP contribution < -0.4 is 4.74 Å². The van der Waals surface area contributed by atoms with E-state index in [1.807, 2.05) is 30.3 Å². The SMILES string of the molecule is CN(C)C(=O)c1ccc(S(=O)(=O)N2CC[C@@H](Oc3ccccc3)C2)cc1. The highest BCUT2D eigenvalue weighted by atomic mass is 32.2. The van der Waals surface area contributed by atoms with Crippen molar-refractivity contribution in [3.63, 3.8) is 0 Å². The molecule has 0 saturated carbocycles. The Balaban J connectivity index is 1.69. The molecule has 0 aliphatic carbocycles. The van der Waals surface area contributed by atoms with E-state index in [2.05, 4.69) is 0 Å². The van der Waals surface area contributed by atoms with E-state index in [9.17, 15) is 13.2 Å². The quantitative estimate of drug-likeness (QED) is 0.805. The summed E-state index contributed by atoms with van der Waals surface area (Å²) in [6.45, 7) is 0.730. The summed E-state index contributed by atoms with van der Waals surface area (Å²) >= 11 is 0. The van der Waals surface area contributed by atoms with Crippen LogP contribution in [-0.2, 0) is 10.0 Å². The molecule has 138 valence electrons. The smallest absolute Gasteiger partial charge is 0.253 e. The first-order valence-electron chi connectivity index (χ1n) is 8.41. The van der Waals surface area contributed by atoms with Gasteiger partial charge < -0.3 is 9.64 Å². The Kier molecular flexibility index (Phi) is 5.29. The second-order valence-corrected chi connectivity index (χ2v) is 8.37. The molecule has 0 spiro atoms. The zero-order valence-corrected chi connectivity index (χ0v) is 15.6. The van der Waals surface area contributed by atoms with Gasteiger partial charge in [0, 0.05) is 26.2 Å². The molecule has 0 aromatic heterocycles. The first kappa shape index (κ1) is 18.4. The van der Waals surface area contributed by atoms with Crippen LogP contribution in [0.4, 0.5) is 0 Å². The predicted octanol–water partition coefficient (Wildman–Crippen LogP) is 2.23. The van der Waals surface area contributed by atoms with Gasteiger partial charge in [-0.3, -0.25) is 4.79 Å². The number of carbonyl (C=O) groups excluding carboxylic acids is 1. The average molecular weight is 374 g/mol. The predicted molar refractivity (Wildman–Crippen MR) is 98.7 cm³/mol. The molecule has 1 saturated heterocycles. The number of hydrogen-bond acceptors (Lipinski definition) is 4. The van der Waals surface area contributed by atoms with Crippen molar-refractivity contribution >= 4 is 15.9 Å². The topological polar surface area (TPSA) is 66.9 Å². The molecule has 1 aliphatic rings. The van der Waals surface area contributed by atoms with E-state index in [0.29, 0.717) is 25.1 Å². The summed E-state index contributed by atoms with van der Waals surface area (Å²) < 4.78 is 32.9. The van der Waals surface area contributed by atoms with Gasteiger partial charge in [0.1, 0.15) is 11.9 Å². The summed E-state index contributed by atoms with van der Waals surface area (Å²) in [4.78, 5) is 13.6.